The molecule has 0 fully saturated rings. The summed E-state index contributed by atoms with van der Waals surface area (Å²) in [4.78, 5) is 10.2. The predicted molar refractivity (Wildman–Crippen MR) is 108 cm³/mol. The first-order valence-electron chi connectivity index (χ1n) is 8.12. The zero-order valence-corrected chi connectivity index (χ0v) is 18.4. The number of hydrogen-bond acceptors (Lipinski definition) is 5. The molecule has 0 spiro atoms. The summed E-state index contributed by atoms with van der Waals surface area (Å²) in [5.74, 6) is 0. The van der Waals surface area contributed by atoms with Gasteiger partial charge in [-0.25, -0.2) is 0 Å². The number of rotatable bonds is 11. The fourth-order valence-electron chi connectivity index (χ4n) is 2.23. The summed E-state index contributed by atoms with van der Waals surface area (Å²) in [7, 11) is -3.79. The van der Waals surface area contributed by atoms with Crippen LogP contribution in [0.4, 0.5) is 0 Å². The smallest absolute Gasteiger partial charge is 0.257 e. The molecule has 2 unspecified atom stereocenters. The molecule has 0 bridgehead atoms. The van der Waals surface area contributed by atoms with E-state index in [0.717, 1.165) is 9.13 Å². The largest absolute Gasteiger partial charge is 0.391 e. The molecule has 0 aliphatic carbocycles. The lowest BCUT2D eigenvalue weighted by atomic mass is 10.1. The molecular formula is C16H26ClINO5P. The lowest BCUT2D eigenvalue weighted by Crippen LogP contribution is -2.33. The molecule has 3 N–H and O–H groups in total. The molecule has 3 atom stereocenters. The van der Waals surface area contributed by atoms with Crippen molar-refractivity contribution in [2.75, 3.05) is 25.9 Å². The molecule has 0 amide bonds. The molecule has 1 aromatic carbocycles. The van der Waals surface area contributed by atoms with Crippen LogP contribution in [-0.4, -0.2) is 48.1 Å². The fourth-order valence-corrected chi connectivity index (χ4v) is 4.56. The second-order valence-corrected chi connectivity index (χ2v) is 9.48. The average Bonchev–Trinajstić information content (AvgIpc) is 2.54. The summed E-state index contributed by atoms with van der Waals surface area (Å²) in [5.41, 5.74) is 1.02. The molecule has 1 aromatic rings. The molecule has 0 aliphatic rings. The van der Waals surface area contributed by atoms with Gasteiger partial charge in [0, 0.05) is 29.4 Å². The monoisotopic (exact) mass is 505 g/mol. The fraction of sp³-hybridized carbons (Fsp3) is 0.625. The van der Waals surface area contributed by atoms with Crippen LogP contribution in [0.5, 0.6) is 0 Å². The zero-order valence-electron chi connectivity index (χ0n) is 14.6. The van der Waals surface area contributed by atoms with Gasteiger partial charge in [-0.1, -0.05) is 17.7 Å². The van der Waals surface area contributed by atoms with Gasteiger partial charge in [-0.2, -0.15) is 0 Å². The highest BCUT2D eigenvalue weighted by Gasteiger charge is 2.34. The molecule has 0 radical (unpaired) electrons. The van der Waals surface area contributed by atoms with Crippen LogP contribution < -0.4 is 5.32 Å². The van der Waals surface area contributed by atoms with Crippen molar-refractivity contribution in [3.63, 3.8) is 0 Å². The molecular weight excluding hydrogens is 480 g/mol. The lowest BCUT2D eigenvalue weighted by Gasteiger charge is -2.25. The summed E-state index contributed by atoms with van der Waals surface area (Å²) >= 11 is 8.17. The summed E-state index contributed by atoms with van der Waals surface area (Å²) in [5, 5.41) is 14.0. The molecule has 9 heteroatoms. The maximum absolute atomic E-state index is 12.4. The third-order valence-corrected chi connectivity index (χ3v) is 6.97. The van der Waals surface area contributed by atoms with E-state index in [1.807, 2.05) is 25.1 Å². The minimum atomic E-state index is -3.79. The van der Waals surface area contributed by atoms with E-state index in [2.05, 4.69) is 27.9 Å². The first-order valence-corrected chi connectivity index (χ1v) is 11.5. The minimum absolute atomic E-state index is 0.0342. The molecule has 0 heterocycles. The van der Waals surface area contributed by atoms with Gasteiger partial charge in [0.05, 0.1) is 17.3 Å². The molecule has 6 nitrogen and oxygen atoms in total. The Balaban J connectivity index is 2.58. The van der Waals surface area contributed by atoms with Crippen LogP contribution in [0.3, 0.4) is 0 Å². The second-order valence-electron chi connectivity index (χ2n) is 5.61. The van der Waals surface area contributed by atoms with Crippen LogP contribution >= 0.6 is 41.6 Å². The van der Waals surface area contributed by atoms with Crippen LogP contribution in [-0.2, 0) is 14.0 Å². The van der Waals surface area contributed by atoms with Crippen LogP contribution in [0.15, 0.2) is 18.2 Å². The van der Waals surface area contributed by atoms with Crippen molar-refractivity contribution in [2.24, 2.45) is 0 Å². The van der Waals surface area contributed by atoms with Gasteiger partial charge >= 0.3 is 0 Å². The molecule has 144 valence electrons. The van der Waals surface area contributed by atoms with Crippen LogP contribution in [0.1, 0.15) is 32.4 Å². The van der Waals surface area contributed by atoms with Crippen LogP contribution in [0.2, 0.25) is 5.02 Å². The average molecular weight is 506 g/mol. The molecule has 1 rings (SSSR count). The number of hydrogen-bond donors (Lipinski definition) is 3. The predicted octanol–water partition coefficient (Wildman–Crippen LogP) is 3.58. The molecule has 0 saturated heterocycles. The standard InChI is InChI=1S/C16H26ClINO5P/c1-4-23-16(24-5-2)25(21,22)10-13(20)9-19-11(3)12-6-7-14(17)15(18)8-12/h6-8,11,13,16,19-20H,4-5,9-10H2,1-3H3,(H,21,22)/t11?,13-/m1/s1. The highest BCUT2D eigenvalue weighted by atomic mass is 127. The number of aliphatic hydroxyl groups excluding tert-OH is 1. The Labute approximate surface area is 167 Å². The maximum Gasteiger partial charge on any atom is 0.257 e. The van der Waals surface area contributed by atoms with Crippen LogP contribution in [0, 0.1) is 3.57 Å². The van der Waals surface area contributed by atoms with Gasteiger partial charge in [-0.3, -0.25) is 4.57 Å². The van der Waals surface area contributed by atoms with Gasteiger partial charge in [0.25, 0.3) is 7.37 Å². The van der Waals surface area contributed by atoms with Crippen LogP contribution in [0.25, 0.3) is 0 Å². The number of nitrogens with one attached hydrogen (secondary N) is 1. The summed E-state index contributed by atoms with van der Waals surface area (Å²) in [6.07, 6.45) is -1.29. The molecule has 25 heavy (non-hydrogen) atoms. The number of aliphatic hydroxyl groups is 1. The summed E-state index contributed by atoms with van der Waals surface area (Å²) in [6.45, 7) is 6.09. The van der Waals surface area contributed by atoms with Crippen molar-refractivity contribution in [3.8, 4) is 0 Å². The first-order chi connectivity index (χ1) is 11.7. The second kappa shape index (κ2) is 11.2. The van der Waals surface area contributed by atoms with Gasteiger partial charge in [-0.15, -0.1) is 0 Å². The summed E-state index contributed by atoms with van der Waals surface area (Å²) < 4.78 is 23.7. The number of benzene rings is 1. The third kappa shape index (κ3) is 7.81. The van der Waals surface area contributed by atoms with E-state index in [0.29, 0.717) is 5.02 Å². The van der Waals surface area contributed by atoms with E-state index in [9.17, 15) is 14.6 Å². The van der Waals surface area contributed by atoms with Crippen molar-refractivity contribution >= 4 is 41.6 Å². The molecule has 0 saturated carbocycles. The Kier molecular flexibility index (Phi) is 10.4. The van der Waals surface area contributed by atoms with Crippen molar-refractivity contribution in [1.29, 1.82) is 0 Å². The van der Waals surface area contributed by atoms with Gasteiger partial charge < -0.3 is 24.8 Å². The van der Waals surface area contributed by atoms with Gasteiger partial charge in [0.2, 0.25) is 6.03 Å². The van der Waals surface area contributed by atoms with E-state index < -0.39 is 19.5 Å². The van der Waals surface area contributed by atoms with Gasteiger partial charge in [0.1, 0.15) is 0 Å². The Morgan fingerprint density at radius 2 is 1.92 bits per heavy atom. The minimum Gasteiger partial charge on any atom is -0.391 e. The molecule has 0 aromatic heterocycles. The topological polar surface area (TPSA) is 88.0 Å². The van der Waals surface area contributed by atoms with Crippen molar-refractivity contribution in [1.82, 2.24) is 5.32 Å². The Morgan fingerprint density at radius 3 is 2.44 bits per heavy atom. The first kappa shape index (κ1) is 23.3. The van der Waals surface area contributed by atoms with Crippen molar-refractivity contribution in [2.45, 2.75) is 38.9 Å². The third-order valence-electron chi connectivity index (χ3n) is 3.52. The Morgan fingerprint density at radius 1 is 1.32 bits per heavy atom. The lowest BCUT2D eigenvalue weighted by molar-refractivity contribution is -0.0876. The van der Waals surface area contributed by atoms with Crippen molar-refractivity contribution in [3.05, 3.63) is 32.4 Å². The van der Waals surface area contributed by atoms with Gasteiger partial charge in [0.15, 0.2) is 0 Å². The van der Waals surface area contributed by atoms with E-state index in [1.165, 1.54) is 0 Å². The van der Waals surface area contributed by atoms with E-state index in [-0.39, 0.29) is 32.0 Å². The molecule has 0 aliphatic heterocycles. The van der Waals surface area contributed by atoms with E-state index in [1.54, 1.807) is 13.8 Å². The SMILES string of the molecule is CCOC(OCC)P(=O)(O)C[C@H](O)CNC(C)c1ccc(Cl)c(I)c1. The highest BCUT2D eigenvalue weighted by molar-refractivity contribution is 14.1. The quantitative estimate of drug-likeness (QED) is 0.242. The van der Waals surface area contributed by atoms with E-state index in [4.69, 9.17) is 21.1 Å². The number of halogens is 2. The Bertz CT molecular complexity index is 586. The normalized spacial score (nSPS) is 16.6. The maximum atomic E-state index is 12.4. The zero-order chi connectivity index (χ0) is 19.0. The van der Waals surface area contributed by atoms with E-state index >= 15 is 0 Å². The Hall–Kier alpha value is 0.270. The summed E-state index contributed by atoms with van der Waals surface area (Å²) in [6, 6.07) is 4.46. The highest BCUT2D eigenvalue weighted by Crippen LogP contribution is 2.47. The number of ether oxygens (including phenoxy) is 2. The van der Waals surface area contributed by atoms with Gasteiger partial charge in [-0.05, 0) is 61.1 Å². The van der Waals surface area contributed by atoms with Crippen molar-refractivity contribution < 1.29 is 24.0 Å².